The number of hydrazone groups is 1. The minimum Gasteiger partial charge on any atom is -0.507 e. The molecule has 0 fully saturated rings. The third-order valence-corrected chi connectivity index (χ3v) is 4.76. The predicted molar refractivity (Wildman–Crippen MR) is 106 cm³/mol. The zero-order chi connectivity index (χ0) is 19.9. The van der Waals surface area contributed by atoms with Crippen LogP contribution in [-0.2, 0) is 4.79 Å². The summed E-state index contributed by atoms with van der Waals surface area (Å²) in [6.45, 7) is 3.76. The van der Waals surface area contributed by atoms with E-state index in [2.05, 4.69) is 5.10 Å². The Kier molecular flexibility index (Phi) is 5.04. The van der Waals surface area contributed by atoms with Crippen LogP contribution in [0.4, 0.5) is 5.69 Å². The van der Waals surface area contributed by atoms with Gasteiger partial charge in [-0.05, 0) is 36.3 Å². The lowest BCUT2D eigenvalue weighted by Gasteiger charge is -2.12. The second-order valence-electron chi connectivity index (χ2n) is 6.31. The third-order valence-electron chi connectivity index (χ3n) is 4.02. The van der Waals surface area contributed by atoms with E-state index >= 15 is 0 Å². The van der Waals surface area contributed by atoms with Gasteiger partial charge in [-0.15, -0.1) is 0 Å². The molecule has 2 aromatic carbocycles. The maximum absolute atomic E-state index is 13.0. The van der Waals surface area contributed by atoms with E-state index in [0.29, 0.717) is 21.4 Å². The van der Waals surface area contributed by atoms with Crippen LogP contribution >= 0.6 is 23.2 Å². The average molecular weight is 407 g/mol. The van der Waals surface area contributed by atoms with Crippen molar-refractivity contribution in [2.75, 3.05) is 5.01 Å². The highest BCUT2D eigenvalue weighted by molar-refractivity contribution is 6.42. The smallest absolute Gasteiger partial charge is 0.280 e. The van der Waals surface area contributed by atoms with Crippen molar-refractivity contribution in [2.24, 2.45) is 11.0 Å². The fourth-order valence-corrected chi connectivity index (χ4v) is 2.93. The van der Waals surface area contributed by atoms with E-state index in [-0.39, 0.29) is 22.8 Å². The lowest BCUT2D eigenvalue weighted by atomic mass is 9.97. The van der Waals surface area contributed by atoms with Crippen LogP contribution < -0.4 is 5.01 Å². The summed E-state index contributed by atoms with van der Waals surface area (Å²) < 4.78 is 0. The Labute approximate surface area is 165 Å². The molecule has 0 saturated heterocycles. The van der Waals surface area contributed by atoms with Crippen LogP contribution in [0, 0.1) is 5.92 Å². The summed E-state index contributed by atoms with van der Waals surface area (Å²) in [5.74, 6) is -1.64. The molecule has 0 atom stereocenters. The van der Waals surface area contributed by atoms with Crippen LogP contribution in [0.1, 0.15) is 19.4 Å². The summed E-state index contributed by atoms with van der Waals surface area (Å²) in [7, 11) is 0. The van der Waals surface area contributed by atoms with Crippen molar-refractivity contribution in [2.45, 2.75) is 13.8 Å². The van der Waals surface area contributed by atoms with Crippen molar-refractivity contribution in [1.29, 1.82) is 0 Å². The second kappa shape index (κ2) is 7.13. The Hall–Kier alpha value is -2.70. The summed E-state index contributed by atoms with van der Waals surface area (Å²) in [4.78, 5) is 13.0. The first-order chi connectivity index (χ1) is 12.7. The minimum absolute atomic E-state index is 0.0826. The molecule has 0 aliphatic carbocycles. The molecule has 1 aliphatic heterocycles. The van der Waals surface area contributed by atoms with Crippen molar-refractivity contribution in [3.63, 3.8) is 0 Å². The Morgan fingerprint density at radius 2 is 1.67 bits per heavy atom. The van der Waals surface area contributed by atoms with Gasteiger partial charge in [0.25, 0.3) is 5.91 Å². The van der Waals surface area contributed by atoms with Crippen molar-refractivity contribution in [3.8, 4) is 17.2 Å². The van der Waals surface area contributed by atoms with Gasteiger partial charge in [-0.1, -0.05) is 37.0 Å². The van der Waals surface area contributed by atoms with Gasteiger partial charge in [0, 0.05) is 11.6 Å². The van der Waals surface area contributed by atoms with Crippen LogP contribution in [0.5, 0.6) is 17.2 Å². The molecule has 0 radical (unpaired) electrons. The number of benzene rings is 2. The molecule has 0 unspecified atom stereocenters. The fourth-order valence-electron chi connectivity index (χ4n) is 2.64. The number of aromatic hydroxyl groups is 3. The number of anilines is 1. The summed E-state index contributed by atoms with van der Waals surface area (Å²) >= 11 is 12.0. The summed E-state index contributed by atoms with van der Waals surface area (Å²) in [5, 5.41) is 35.4. The number of hydrogen-bond acceptors (Lipinski definition) is 5. The third kappa shape index (κ3) is 3.59. The summed E-state index contributed by atoms with van der Waals surface area (Å²) in [6.07, 6.45) is 1.42. The first-order valence-electron chi connectivity index (χ1n) is 8.04. The zero-order valence-electron chi connectivity index (χ0n) is 14.4. The van der Waals surface area contributed by atoms with Gasteiger partial charge in [-0.3, -0.25) is 4.79 Å². The largest absolute Gasteiger partial charge is 0.507 e. The SMILES string of the molecule is CC(C)C1=NN(c2ccc(Cl)c(Cl)c2)C(=O)C1=Cc1cc(O)c(O)cc1O. The molecule has 1 heterocycles. The molecule has 2 aromatic rings. The minimum atomic E-state index is -0.456. The van der Waals surface area contributed by atoms with Crippen molar-refractivity contribution in [3.05, 3.63) is 51.5 Å². The van der Waals surface area contributed by atoms with E-state index in [9.17, 15) is 20.1 Å². The number of halogens is 2. The van der Waals surface area contributed by atoms with Gasteiger partial charge in [0.1, 0.15) is 5.75 Å². The Morgan fingerprint density at radius 1 is 1.00 bits per heavy atom. The van der Waals surface area contributed by atoms with Crippen molar-refractivity contribution in [1.82, 2.24) is 0 Å². The van der Waals surface area contributed by atoms with Gasteiger partial charge < -0.3 is 15.3 Å². The first kappa shape index (κ1) is 19.1. The molecule has 8 heteroatoms. The first-order valence-corrected chi connectivity index (χ1v) is 8.79. The molecular formula is C19H16Cl2N2O4. The van der Waals surface area contributed by atoms with E-state index < -0.39 is 17.4 Å². The topological polar surface area (TPSA) is 93.4 Å². The van der Waals surface area contributed by atoms with E-state index in [4.69, 9.17) is 23.2 Å². The van der Waals surface area contributed by atoms with Gasteiger partial charge in [-0.2, -0.15) is 10.1 Å². The number of carbonyl (C=O) groups is 1. The molecule has 0 spiro atoms. The van der Waals surface area contributed by atoms with Crippen molar-refractivity contribution < 1.29 is 20.1 Å². The van der Waals surface area contributed by atoms with E-state index in [1.165, 1.54) is 23.2 Å². The van der Waals surface area contributed by atoms with E-state index in [1.807, 2.05) is 13.8 Å². The number of carbonyl (C=O) groups excluding carboxylic acids is 1. The summed E-state index contributed by atoms with van der Waals surface area (Å²) in [5.41, 5.74) is 1.40. The number of rotatable bonds is 3. The Bertz CT molecular complexity index is 999. The van der Waals surface area contributed by atoms with Gasteiger partial charge in [0.05, 0.1) is 27.0 Å². The molecule has 1 aliphatic rings. The van der Waals surface area contributed by atoms with Gasteiger partial charge >= 0.3 is 0 Å². The number of phenols is 3. The molecular weight excluding hydrogens is 391 g/mol. The molecule has 3 rings (SSSR count). The maximum Gasteiger partial charge on any atom is 0.280 e. The van der Waals surface area contributed by atoms with Gasteiger partial charge in [-0.25, -0.2) is 0 Å². The van der Waals surface area contributed by atoms with E-state index in [1.54, 1.807) is 12.1 Å². The average Bonchev–Trinajstić information content (AvgIpc) is 2.92. The highest BCUT2D eigenvalue weighted by Gasteiger charge is 2.33. The number of hydrogen-bond donors (Lipinski definition) is 3. The fraction of sp³-hybridized carbons (Fsp3) is 0.158. The van der Waals surface area contributed by atoms with Crippen LogP contribution in [-0.4, -0.2) is 26.9 Å². The maximum atomic E-state index is 13.0. The number of nitrogens with zero attached hydrogens (tertiary/aromatic N) is 2. The monoisotopic (exact) mass is 406 g/mol. The Balaban J connectivity index is 2.08. The van der Waals surface area contributed by atoms with Crippen LogP contribution in [0.3, 0.4) is 0 Å². The lowest BCUT2D eigenvalue weighted by Crippen LogP contribution is -2.21. The molecule has 0 aromatic heterocycles. The highest BCUT2D eigenvalue weighted by atomic mass is 35.5. The van der Waals surface area contributed by atoms with Crippen molar-refractivity contribution >= 4 is 46.6 Å². The number of amides is 1. The van der Waals surface area contributed by atoms with Crippen LogP contribution in [0.15, 0.2) is 41.0 Å². The lowest BCUT2D eigenvalue weighted by molar-refractivity contribution is -0.114. The standard InChI is InChI=1S/C19H16Cl2N2O4/c1-9(2)18-12(5-10-6-16(25)17(26)8-15(10)24)19(27)23(22-18)11-3-4-13(20)14(21)7-11/h3-9,24-26H,1-2H3. The quantitative estimate of drug-likeness (QED) is 0.395. The predicted octanol–water partition coefficient (Wildman–Crippen LogP) is 4.55. The van der Waals surface area contributed by atoms with E-state index in [0.717, 1.165) is 6.07 Å². The zero-order valence-corrected chi connectivity index (χ0v) is 16.0. The molecule has 6 nitrogen and oxygen atoms in total. The highest BCUT2D eigenvalue weighted by Crippen LogP contribution is 2.36. The molecule has 27 heavy (non-hydrogen) atoms. The normalized spacial score (nSPS) is 15.7. The molecule has 0 bridgehead atoms. The van der Waals surface area contributed by atoms with Crippen LogP contribution in [0.25, 0.3) is 6.08 Å². The molecule has 140 valence electrons. The van der Waals surface area contributed by atoms with Crippen LogP contribution in [0.2, 0.25) is 10.0 Å². The summed E-state index contributed by atoms with van der Waals surface area (Å²) in [6, 6.07) is 6.91. The molecule has 3 N–H and O–H groups in total. The van der Waals surface area contributed by atoms with Gasteiger partial charge in [0.2, 0.25) is 0 Å². The number of phenolic OH excluding ortho intramolecular Hbond substituents is 3. The second-order valence-corrected chi connectivity index (χ2v) is 7.13. The molecule has 1 amide bonds. The Morgan fingerprint density at radius 3 is 2.30 bits per heavy atom. The molecule has 0 saturated carbocycles. The van der Waals surface area contributed by atoms with Gasteiger partial charge in [0.15, 0.2) is 11.5 Å².